The minimum Gasteiger partial charge on any atom is -0.356 e. The zero-order valence-corrected chi connectivity index (χ0v) is 12.1. The molecule has 1 N–H and O–H groups in total. The van der Waals surface area contributed by atoms with Gasteiger partial charge in [0.1, 0.15) is 5.82 Å². The lowest BCUT2D eigenvalue weighted by molar-refractivity contribution is -0.137. The fourth-order valence-electron chi connectivity index (χ4n) is 2.37. The molecule has 1 aromatic heterocycles. The van der Waals surface area contributed by atoms with Crippen molar-refractivity contribution < 1.29 is 13.2 Å². The average Bonchev–Trinajstić information content (AvgIpc) is 2.77. The molecule has 7 heteroatoms. The van der Waals surface area contributed by atoms with E-state index < -0.39 is 11.7 Å². The third kappa shape index (κ3) is 3.39. The minimum atomic E-state index is -4.38. The topological polar surface area (TPSA) is 28.2 Å². The molecule has 0 bridgehead atoms. The zero-order chi connectivity index (χ0) is 14.0. The summed E-state index contributed by atoms with van der Waals surface area (Å²) in [7, 11) is 1.85. The third-order valence-electron chi connectivity index (χ3n) is 3.22. The van der Waals surface area contributed by atoms with Gasteiger partial charge in [-0.3, -0.25) is 0 Å². The van der Waals surface area contributed by atoms with Crippen LogP contribution in [0.3, 0.4) is 0 Å². The molecule has 1 aliphatic rings. The van der Waals surface area contributed by atoms with Gasteiger partial charge in [0.2, 0.25) is 0 Å². The van der Waals surface area contributed by atoms with Gasteiger partial charge >= 0.3 is 6.18 Å². The first-order valence-corrected chi connectivity index (χ1v) is 6.83. The molecule has 1 fully saturated rings. The molecule has 0 amide bonds. The summed E-state index contributed by atoms with van der Waals surface area (Å²) in [6.45, 7) is 2.04. The lowest BCUT2D eigenvalue weighted by Crippen LogP contribution is -2.27. The number of rotatable bonds is 3. The second-order valence-corrected chi connectivity index (χ2v) is 5.60. The first-order valence-electron chi connectivity index (χ1n) is 6.04. The summed E-state index contributed by atoms with van der Waals surface area (Å²) in [6, 6.07) is 1.09. The van der Waals surface area contributed by atoms with Crippen LogP contribution in [0, 0.1) is 5.92 Å². The highest BCUT2D eigenvalue weighted by Gasteiger charge is 2.37. The minimum absolute atomic E-state index is 0.0364. The normalized spacial score (nSPS) is 20.1. The zero-order valence-electron chi connectivity index (χ0n) is 10.5. The molecule has 0 radical (unpaired) electrons. The number of hydrogen-bond donors (Lipinski definition) is 1. The summed E-state index contributed by atoms with van der Waals surface area (Å²) in [4.78, 5) is 5.68. The van der Waals surface area contributed by atoms with Crippen LogP contribution in [-0.4, -0.2) is 31.7 Å². The fourth-order valence-corrected chi connectivity index (χ4v) is 2.70. The number of alkyl halides is 3. The molecule has 1 atom stereocenters. The summed E-state index contributed by atoms with van der Waals surface area (Å²) in [6.07, 6.45) is -2.08. The Morgan fingerprint density at radius 2 is 2.26 bits per heavy atom. The highest BCUT2D eigenvalue weighted by atomic mass is 79.9. The summed E-state index contributed by atoms with van der Waals surface area (Å²) >= 11 is 3.04. The smallest absolute Gasteiger partial charge is 0.356 e. The van der Waals surface area contributed by atoms with E-state index in [1.165, 1.54) is 6.20 Å². The first kappa shape index (κ1) is 14.6. The number of anilines is 1. The fraction of sp³-hybridized carbons (Fsp3) is 0.583. The number of nitrogens with zero attached hydrogens (tertiary/aromatic N) is 2. The Hall–Kier alpha value is -0.820. The van der Waals surface area contributed by atoms with Gasteiger partial charge in [-0.2, -0.15) is 13.2 Å². The molecule has 1 saturated heterocycles. The van der Waals surface area contributed by atoms with E-state index in [0.29, 0.717) is 23.5 Å². The molecular formula is C12H15BrF3N3. The van der Waals surface area contributed by atoms with Crippen molar-refractivity contribution in [3.05, 3.63) is 22.3 Å². The molecule has 19 heavy (non-hydrogen) atoms. The van der Waals surface area contributed by atoms with Gasteiger partial charge in [0, 0.05) is 23.8 Å². The third-order valence-corrected chi connectivity index (χ3v) is 3.65. The van der Waals surface area contributed by atoms with Crippen LogP contribution < -0.4 is 10.2 Å². The second-order valence-electron chi connectivity index (χ2n) is 4.68. The molecular weight excluding hydrogens is 323 g/mol. The van der Waals surface area contributed by atoms with Gasteiger partial charge in [-0.1, -0.05) is 0 Å². The monoisotopic (exact) mass is 337 g/mol. The molecule has 106 valence electrons. The Balaban J connectivity index is 2.26. The highest BCUT2D eigenvalue weighted by molar-refractivity contribution is 9.10. The molecule has 0 aliphatic carbocycles. The van der Waals surface area contributed by atoms with Crippen LogP contribution >= 0.6 is 15.9 Å². The van der Waals surface area contributed by atoms with E-state index >= 15 is 0 Å². The van der Waals surface area contributed by atoms with Crippen molar-refractivity contribution in [1.82, 2.24) is 10.3 Å². The van der Waals surface area contributed by atoms with E-state index in [4.69, 9.17) is 0 Å². The van der Waals surface area contributed by atoms with Crippen molar-refractivity contribution >= 4 is 21.7 Å². The van der Waals surface area contributed by atoms with Gasteiger partial charge in [0.15, 0.2) is 0 Å². The largest absolute Gasteiger partial charge is 0.419 e. The number of hydrogen-bond acceptors (Lipinski definition) is 3. The number of aromatic nitrogens is 1. The predicted octanol–water partition coefficient (Wildman–Crippen LogP) is 2.91. The van der Waals surface area contributed by atoms with Crippen molar-refractivity contribution in [1.29, 1.82) is 0 Å². The summed E-state index contributed by atoms with van der Waals surface area (Å²) in [5.41, 5.74) is -0.674. The quantitative estimate of drug-likeness (QED) is 0.919. The van der Waals surface area contributed by atoms with Gasteiger partial charge in [-0.15, -0.1) is 0 Å². The molecule has 0 spiro atoms. The lowest BCUT2D eigenvalue weighted by atomic mass is 10.1. The van der Waals surface area contributed by atoms with Gasteiger partial charge < -0.3 is 10.2 Å². The highest BCUT2D eigenvalue weighted by Crippen LogP contribution is 2.38. The maximum Gasteiger partial charge on any atom is 0.419 e. The number of halogens is 4. The number of pyridine rings is 1. The van der Waals surface area contributed by atoms with Crippen molar-refractivity contribution in [3.63, 3.8) is 0 Å². The maximum absolute atomic E-state index is 13.0. The molecule has 2 heterocycles. The van der Waals surface area contributed by atoms with E-state index in [-0.39, 0.29) is 5.82 Å². The molecule has 1 aliphatic heterocycles. The van der Waals surface area contributed by atoms with Gasteiger partial charge in [-0.25, -0.2) is 4.98 Å². The Kier molecular flexibility index (Phi) is 4.35. The molecule has 0 saturated carbocycles. The van der Waals surface area contributed by atoms with E-state index in [9.17, 15) is 13.2 Å². The van der Waals surface area contributed by atoms with E-state index in [2.05, 4.69) is 26.2 Å². The van der Waals surface area contributed by atoms with Crippen molar-refractivity contribution in [2.24, 2.45) is 5.92 Å². The molecule has 2 rings (SSSR count). The van der Waals surface area contributed by atoms with Gasteiger partial charge in [0.25, 0.3) is 0 Å². The van der Waals surface area contributed by atoms with Crippen LogP contribution in [0.5, 0.6) is 0 Å². The Morgan fingerprint density at radius 1 is 1.53 bits per heavy atom. The summed E-state index contributed by atoms with van der Waals surface area (Å²) < 4.78 is 39.4. The van der Waals surface area contributed by atoms with Gasteiger partial charge in [0.05, 0.1) is 5.56 Å². The van der Waals surface area contributed by atoms with E-state index in [0.717, 1.165) is 19.0 Å². The predicted molar refractivity (Wildman–Crippen MR) is 71.2 cm³/mol. The molecule has 3 nitrogen and oxygen atoms in total. The van der Waals surface area contributed by atoms with Crippen LogP contribution in [0.4, 0.5) is 19.0 Å². The lowest BCUT2D eigenvalue weighted by Gasteiger charge is -2.22. The van der Waals surface area contributed by atoms with Crippen LogP contribution in [0.25, 0.3) is 0 Å². The van der Waals surface area contributed by atoms with Crippen molar-refractivity contribution in [2.75, 3.05) is 31.6 Å². The van der Waals surface area contributed by atoms with Crippen molar-refractivity contribution in [2.45, 2.75) is 12.6 Å². The summed E-state index contributed by atoms with van der Waals surface area (Å²) in [5, 5.41) is 3.06. The molecule has 1 aromatic rings. The summed E-state index contributed by atoms with van der Waals surface area (Å²) in [5.74, 6) is 0.408. The number of nitrogens with one attached hydrogen (secondary N) is 1. The van der Waals surface area contributed by atoms with E-state index in [1.54, 1.807) is 4.90 Å². The van der Waals surface area contributed by atoms with Crippen LogP contribution in [0.1, 0.15) is 12.0 Å². The Morgan fingerprint density at radius 3 is 2.89 bits per heavy atom. The molecule has 1 unspecified atom stereocenters. The van der Waals surface area contributed by atoms with E-state index in [1.807, 2.05) is 7.05 Å². The Bertz CT molecular complexity index is 450. The SMILES string of the molecule is CNCC1CCN(c2ncc(Br)cc2C(F)(F)F)C1. The maximum atomic E-state index is 13.0. The Labute approximate surface area is 118 Å². The van der Waals surface area contributed by atoms with Gasteiger partial charge in [-0.05, 0) is 47.9 Å². The van der Waals surface area contributed by atoms with Crippen LogP contribution in [-0.2, 0) is 6.18 Å². The van der Waals surface area contributed by atoms with Crippen LogP contribution in [0.2, 0.25) is 0 Å². The van der Waals surface area contributed by atoms with Crippen molar-refractivity contribution in [3.8, 4) is 0 Å². The second kappa shape index (κ2) is 5.66. The standard InChI is InChI=1S/C12H15BrF3N3/c1-17-5-8-2-3-19(7-8)11-10(12(14,15)16)4-9(13)6-18-11/h4,6,8,17H,2-3,5,7H2,1H3. The van der Waals surface area contributed by atoms with Crippen LogP contribution in [0.15, 0.2) is 16.7 Å². The molecule has 0 aromatic carbocycles. The first-order chi connectivity index (χ1) is 8.91. The average molecular weight is 338 g/mol.